The fourth-order valence-electron chi connectivity index (χ4n) is 2.18. The maximum absolute atomic E-state index is 11.8. The van der Waals surface area contributed by atoms with Crippen LogP contribution in [0.25, 0.3) is 0 Å². The van der Waals surface area contributed by atoms with E-state index in [0.717, 1.165) is 50.3 Å². The van der Waals surface area contributed by atoms with Gasteiger partial charge in [-0.25, -0.2) is 0 Å². The van der Waals surface area contributed by atoms with Gasteiger partial charge >= 0.3 is 0 Å². The molecule has 17 heavy (non-hydrogen) atoms. The molecule has 4 heteroatoms. The molecule has 0 aromatic carbocycles. The van der Waals surface area contributed by atoms with Crippen LogP contribution in [0.1, 0.15) is 25.7 Å². The van der Waals surface area contributed by atoms with Gasteiger partial charge in [0, 0.05) is 18.2 Å². The molecule has 0 heterocycles. The first-order valence-electron chi connectivity index (χ1n) is 6.27. The molecule has 1 rings (SSSR count). The minimum absolute atomic E-state index is 0.204. The number of terminal acetylenes is 1. The lowest BCUT2D eigenvalue weighted by Gasteiger charge is -2.26. The zero-order valence-electron chi connectivity index (χ0n) is 10.3. The third-order valence-electron chi connectivity index (χ3n) is 3.28. The van der Waals surface area contributed by atoms with Crippen molar-refractivity contribution in [1.29, 1.82) is 0 Å². The molecule has 3 N–H and O–H groups in total. The predicted molar refractivity (Wildman–Crippen MR) is 73.7 cm³/mol. The minimum Gasteiger partial charge on any atom is -0.355 e. The molecule has 0 spiro atoms. The van der Waals surface area contributed by atoms with E-state index in [4.69, 9.17) is 12.2 Å². The molecule has 0 radical (unpaired) electrons. The first kappa shape index (κ1) is 14.4. The van der Waals surface area contributed by atoms with Gasteiger partial charge in [-0.15, -0.1) is 18.2 Å². The van der Waals surface area contributed by atoms with Gasteiger partial charge < -0.3 is 11.1 Å². The zero-order chi connectivity index (χ0) is 12.5. The number of nitrogens with one attached hydrogen (secondary N) is 1. The second kappa shape index (κ2) is 8.43. The summed E-state index contributed by atoms with van der Waals surface area (Å²) in [5, 5.41) is 2.98. The van der Waals surface area contributed by atoms with E-state index in [1.54, 1.807) is 11.8 Å². The smallest absolute Gasteiger partial charge is 0.223 e. The van der Waals surface area contributed by atoms with Crippen LogP contribution in [0, 0.1) is 24.2 Å². The van der Waals surface area contributed by atoms with E-state index < -0.39 is 0 Å². The van der Waals surface area contributed by atoms with E-state index in [0.29, 0.717) is 5.92 Å². The Morgan fingerprint density at radius 2 is 2.12 bits per heavy atom. The number of hydrogen-bond acceptors (Lipinski definition) is 3. The first-order chi connectivity index (χ1) is 8.27. The molecular formula is C13H22N2OS. The molecule has 1 saturated carbocycles. The second-order valence-corrected chi connectivity index (χ2v) is 5.61. The second-order valence-electron chi connectivity index (χ2n) is 4.50. The number of nitrogens with two attached hydrogens (primary N) is 1. The highest BCUT2D eigenvalue weighted by molar-refractivity contribution is 7.99. The van der Waals surface area contributed by atoms with Gasteiger partial charge in [-0.1, -0.05) is 5.92 Å². The number of carbonyl (C=O) groups is 1. The Bertz CT molecular complexity index is 267. The molecule has 0 aromatic heterocycles. The Balaban J connectivity index is 2.10. The highest BCUT2D eigenvalue weighted by Gasteiger charge is 2.25. The molecule has 0 unspecified atom stereocenters. The van der Waals surface area contributed by atoms with Crippen LogP contribution in [0.4, 0.5) is 0 Å². The molecule has 0 aliphatic heterocycles. The molecule has 0 atom stereocenters. The average Bonchev–Trinajstić information content (AvgIpc) is 2.38. The Hall–Kier alpha value is -0.660. The van der Waals surface area contributed by atoms with Crippen molar-refractivity contribution in [3.8, 4) is 12.3 Å². The van der Waals surface area contributed by atoms with Gasteiger partial charge in [0.15, 0.2) is 0 Å². The summed E-state index contributed by atoms with van der Waals surface area (Å²) in [4.78, 5) is 11.8. The minimum atomic E-state index is 0.204. The van der Waals surface area contributed by atoms with Gasteiger partial charge in [-0.3, -0.25) is 4.79 Å². The van der Waals surface area contributed by atoms with E-state index in [9.17, 15) is 4.79 Å². The largest absolute Gasteiger partial charge is 0.355 e. The van der Waals surface area contributed by atoms with Gasteiger partial charge in [-0.05, 0) is 38.1 Å². The van der Waals surface area contributed by atoms with Crippen LogP contribution in [-0.2, 0) is 4.79 Å². The van der Waals surface area contributed by atoms with Crippen molar-refractivity contribution in [2.75, 3.05) is 24.6 Å². The van der Waals surface area contributed by atoms with Crippen LogP contribution < -0.4 is 11.1 Å². The summed E-state index contributed by atoms with van der Waals surface area (Å²) in [6.45, 7) is 1.49. The summed E-state index contributed by atoms with van der Waals surface area (Å²) in [5.41, 5.74) is 5.63. The summed E-state index contributed by atoms with van der Waals surface area (Å²) in [7, 11) is 0. The highest BCUT2D eigenvalue weighted by Crippen LogP contribution is 2.28. The van der Waals surface area contributed by atoms with Crippen molar-refractivity contribution >= 4 is 17.7 Å². The van der Waals surface area contributed by atoms with Gasteiger partial charge in [-0.2, -0.15) is 0 Å². The van der Waals surface area contributed by atoms with Crippen LogP contribution in [0.5, 0.6) is 0 Å². The topological polar surface area (TPSA) is 55.1 Å². The van der Waals surface area contributed by atoms with Crippen molar-refractivity contribution < 1.29 is 4.79 Å². The Morgan fingerprint density at radius 1 is 1.41 bits per heavy atom. The summed E-state index contributed by atoms with van der Waals surface area (Å²) in [6, 6.07) is 0. The Kier molecular flexibility index (Phi) is 7.14. The standard InChI is InChI=1S/C13H22N2OS/c1-2-8-17-9-7-15-13(16)12-5-3-11(10-14)4-6-12/h1,11-12H,3-10,14H2,(H,15,16). The first-order valence-corrected chi connectivity index (χ1v) is 7.42. The van der Waals surface area contributed by atoms with Crippen molar-refractivity contribution in [3.63, 3.8) is 0 Å². The molecule has 0 bridgehead atoms. The number of amides is 1. The number of rotatable bonds is 6. The van der Waals surface area contributed by atoms with Crippen molar-refractivity contribution in [2.24, 2.45) is 17.6 Å². The van der Waals surface area contributed by atoms with Crippen LogP contribution in [-0.4, -0.2) is 30.5 Å². The molecule has 96 valence electrons. The number of hydrogen-bond donors (Lipinski definition) is 2. The lowest BCUT2D eigenvalue weighted by molar-refractivity contribution is -0.126. The normalized spacial score (nSPS) is 24.0. The van der Waals surface area contributed by atoms with Gasteiger partial charge in [0.1, 0.15) is 0 Å². The molecule has 0 saturated heterocycles. The Labute approximate surface area is 108 Å². The molecule has 1 aliphatic carbocycles. The van der Waals surface area contributed by atoms with Crippen LogP contribution >= 0.6 is 11.8 Å². The Morgan fingerprint density at radius 3 is 2.71 bits per heavy atom. The van der Waals surface area contributed by atoms with Gasteiger partial charge in [0.05, 0.1) is 5.75 Å². The summed E-state index contributed by atoms with van der Waals surface area (Å²) >= 11 is 1.68. The van der Waals surface area contributed by atoms with E-state index in [2.05, 4.69) is 11.2 Å². The van der Waals surface area contributed by atoms with Gasteiger partial charge in [0.25, 0.3) is 0 Å². The van der Waals surface area contributed by atoms with E-state index in [-0.39, 0.29) is 11.8 Å². The third-order valence-corrected chi connectivity index (χ3v) is 4.15. The number of carbonyl (C=O) groups excluding carboxylic acids is 1. The molecule has 1 amide bonds. The monoisotopic (exact) mass is 254 g/mol. The summed E-state index contributed by atoms with van der Waals surface area (Å²) in [6.07, 6.45) is 9.32. The van der Waals surface area contributed by atoms with Crippen LogP contribution in [0.15, 0.2) is 0 Å². The average molecular weight is 254 g/mol. The quantitative estimate of drug-likeness (QED) is 0.554. The fraction of sp³-hybridized carbons (Fsp3) is 0.769. The highest BCUT2D eigenvalue weighted by atomic mass is 32.2. The molecule has 1 fully saturated rings. The molecular weight excluding hydrogens is 232 g/mol. The maximum Gasteiger partial charge on any atom is 0.223 e. The fourth-order valence-corrected chi connectivity index (χ4v) is 2.69. The lowest BCUT2D eigenvalue weighted by atomic mass is 9.81. The van der Waals surface area contributed by atoms with Crippen molar-refractivity contribution in [1.82, 2.24) is 5.32 Å². The molecule has 0 aromatic rings. The summed E-state index contributed by atoms with van der Waals surface area (Å²) < 4.78 is 0. The summed E-state index contributed by atoms with van der Waals surface area (Å²) in [5.74, 6) is 5.23. The zero-order valence-corrected chi connectivity index (χ0v) is 11.1. The van der Waals surface area contributed by atoms with E-state index in [1.807, 2.05) is 0 Å². The third kappa shape index (κ3) is 5.47. The van der Waals surface area contributed by atoms with Crippen LogP contribution in [0.2, 0.25) is 0 Å². The maximum atomic E-state index is 11.8. The predicted octanol–water partition coefficient (Wildman–Crippen LogP) is 1.23. The van der Waals surface area contributed by atoms with E-state index in [1.165, 1.54) is 0 Å². The van der Waals surface area contributed by atoms with Crippen molar-refractivity contribution in [3.05, 3.63) is 0 Å². The van der Waals surface area contributed by atoms with E-state index >= 15 is 0 Å². The SMILES string of the molecule is C#CCSCCNC(=O)C1CCC(CN)CC1. The van der Waals surface area contributed by atoms with Crippen molar-refractivity contribution in [2.45, 2.75) is 25.7 Å². The van der Waals surface area contributed by atoms with Crippen LogP contribution in [0.3, 0.4) is 0 Å². The number of thioether (sulfide) groups is 1. The van der Waals surface area contributed by atoms with Gasteiger partial charge in [0.2, 0.25) is 5.91 Å². The molecule has 1 aliphatic rings. The molecule has 3 nitrogen and oxygen atoms in total. The lowest BCUT2D eigenvalue weighted by Crippen LogP contribution is -2.35.